The molecule has 0 bridgehead atoms. The number of hydrogen-bond acceptors (Lipinski definition) is 2. The van der Waals surface area contributed by atoms with E-state index in [1.54, 1.807) is 19.1 Å². The van der Waals surface area contributed by atoms with E-state index in [1.807, 2.05) is 24.3 Å². The molecule has 1 amide bonds. The Hall–Kier alpha value is -1.33. The van der Waals surface area contributed by atoms with Crippen molar-refractivity contribution in [3.8, 4) is 0 Å². The highest BCUT2D eigenvalue weighted by molar-refractivity contribution is 9.10. The zero-order valence-corrected chi connectivity index (χ0v) is 13.2. The largest absolute Gasteiger partial charge is 0.325 e. The predicted octanol–water partition coefficient (Wildman–Crippen LogP) is 4.63. The minimum absolute atomic E-state index is 0.147. The molecule has 104 valence electrons. The van der Waals surface area contributed by atoms with Gasteiger partial charge in [0.05, 0.1) is 5.75 Å². The van der Waals surface area contributed by atoms with Gasteiger partial charge in [0, 0.05) is 20.6 Å². The fourth-order valence-electron chi connectivity index (χ4n) is 1.61. The van der Waals surface area contributed by atoms with Crippen LogP contribution in [0.4, 0.5) is 10.1 Å². The molecule has 0 aliphatic carbocycles. The second-order valence-electron chi connectivity index (χ2n) is 4.20. The van der Waals surface area contributed by atoms with E-state index < -0.39 is 0 Å². The van der Waals surface area contributed by atoms with Crippen LogP contribution in [0.1, 0.15) is 5.56 Å². The maximum absolute atomic E-state index is 13.4. The number of carbonyl (C=O) groups is 1. The van der Waals surface area contributed by atoms with Crippen molar-refractivity contribution in [2.75, 3.05) is 11.1 Å². The van der Waals surface area contributed by atoms with Gasteiger partial charge in [-0.05, 0) is 43.3 Å². The number of halogens is 2. The Morgan fingerprint density at radius 3 is 2.65 bits per heavy atom. The summed E-state index contributed by atoms with van der Waals surface area (Å²) in [5, 5.41) is 2.72. The first-order valence-corrected chi connectivity index (χ1v) is 7.77. The molecule has 0 atom stereocenters. The molecule has 2 nitrogen and oxygen atoms in total. The van der Waals surface area contributed by atoms with Crippen LogP contribution in [0.2, 0.25) is 0 Å². The Labute approximate surface area is 129 Å². The second kappa shape index (κ2) is 6.90. The molecule has 1 N–H and O–H groups in total. The summed E-state index contributed by atoms with van der Waals surface area (Å²) in [6, 6.07) is 12.4. The molecule has 0 spiro atoms. The van der Waals surface area contributed by atoms with E-state index in [2.05, 4.69) is 21.2 Å². The van der Waals surface area contributed by atoms with Gasteiger partial charge in [-0.25, -0.2) is 4.39 Å². The SMILES string of the molecule is Cc1c(F)cccc1NC(=O)CSc1ccc(Br)cc1. The van der Waals surface area contributed by atoms with Crippen molar-refractivity contribution in [2.45, 2.75) is 11.8 Å². The number of carbonyl (C=O) groups excluding carboxylic acids is 1. The summed E-state index contributed by atoms with van der Waals surface area (Å²) in [5.74, 6) is -0.174. The molecule has 2 aromatic carbocycles. The van der Waals surface area contributed by atoms with Gasteiger partial charge in [-0.2, -0.15) is 0 Å². The normalized spacial score (nSPS) is 10.3. The third kappa shape index (κ3) is 4.08. The number of thioether (sulfide) groups is 1. The lowest BCUT2D eigenvalue weighted by Crippen LogP contribution is -2.15. The number of rotatable bonds is 4. The van der Waals surface area contributed by atoms with Crippen molar-refractivity contribution in [3.05, 3.63) is 58.3 Å². The first-order valence-electron chi connectivity index (χ1n) is 5.99. The Kier molecular flexibility index (Phi) is 5.20. The third-order valence-corrected chi connectivity index (χ3v) is 4.27. The zero-order valence-electron chi connectivity index (χ0n) is 10.8. The van der Waals surface area contributed by atoms with Crippen LogP contribution in [0.3, 0.4) is 0 Å². The highest BCUT2D eigenvalue weighted by Crippen LogP contribution is 2.22. The summed E-state index contributed by atoms with van der Waals surface area (Å²) >= 11 is 4.80. The van der Waals surface area contributed by atoms with Crippen molar-refractivity contribution in [3.63, 3.8) is 0 Å². The van der Waals surface area contributed by atoms with Crippen LogP contribution in [0.15, 0.2) is 51.8 Å². The van der Waals surface area contributed by atoms with Crippen molar-refractivity contribution in [1.82, 2.24) is 0 Å². The minimum Gasteiger partial charge on any atom is -0.325 e. The molecule has 5 heteroatoms. The molecule has 0 aromatic heterocycles. The smallest absolute Gasteiger partial charge is 0.234 e. The van der Waals surface area contributed by atoms with Crippen molar-refractivity contribution < 1.29 is 9.18 Å². The van der Waals surface area contributed by atoms with Gasteiger partial charge < -0.3 is 5.32 Å². The van der Waals surface area contributed by atoms with Crippen LogP contribution < -0.4 is 5.32 Å². The van der Waals surface area contributed by atoms with Crippen molar-refractivity contribution >= 4 is 39.3 Å². The van der Waals surface area contributed by atoms with Gasteiger partial charge in [0.2, 0.25) is 5.91 Å². The molecule has 0 saturated heterocycles. The molecule has 0 aliphatic rings. The van der Waals surface area contributed by atoms with Crippen LogP contribution in [-0.2, 0) is 4.79 Å². The van der Waals surface area contributed by atoms with E-state index in [-0.39, 0.29) is 17.5 Å². The molecule has 0 heterocycles. The summed E-state index contributed by atoms with van der Waals surface area (Å²) in [5.41, 5.74) is 0.973. The summed E-state index contributed by atoms with van der Waals surface area (Å²) < 4.78 is 14.4. The highest BCUT2D eigenvalue weighted by atomic mass is 79.9. The van der Waals surface area contributed by atoms with Crippen LogP contribution in [-0.4, -0.2) is 11.7 Å². The summed E-state index contributed by atoms with van der Waals surface area (Å²) in [6.45, 7) is 1.65. The van der Waals surface area contributed by atoms with Crippen molar-refractivity contribution in [1.29, 1.82) is 0 Å². The van der Waals surface area contributed by atoms with Gasteiger partial charge in [-0.3, -0.25) is 4.79 Å². The van der Waals surface area contributed by atoms with Gasteiger partial charge in [0.15, 0.2) is 0 Å². The number of amides is 1. The molecule has 2 aromatic rings. The third-order valence-electron chi connectivity index (χ3n) is 2.73. The van der Waals surface area contributed by atoms with Crippen LogP contribution in [0.5, 0.6) is 0 Å². The van der Waals surface area contributed by atoms with Crippen LogP contribution >= 0.6 is 27.7 Å². The molecular weight excluding hydrogens is 341 g/mol. The summed E-state index contributed by atoms with van der Waals surface area (Å²) in [4.78, 5) is 12.9. The van der Waals surface area contributed by atoms with E-state index >= 15 is 0 Å². The predicted molar refractivity (Wildman–Crippen MR) is 84.6 cm³/mol. The molecule has 0 radical (unpaired) electrons. The first kappa shape index (κ1) is 15.1. The summed E-state index contributed by atoms with van der Waals surface area (Å²) in [6.07, 6.45) is 0. The highest BCUT2D eigenvalue weighted by Gasteiger charge is 2.08. The van der Waals surface area contributed by atoms with Gasteiger partial charge in [-0.1, -0.05) is 22.0 Å². The number of benzene rings is 2. The molecule has 0 fully saturated rings. The molecular formula is C15H13BrFNOS. The number of hydrogen-bond donors (Lipinski definition) is 1. The van der Waals surface area contributed by atoms with Crippen molar-refractivity contribution in [2.24, 2.45) is 0 Å². The van der Waals surface area contributed by atoms with E-state index in [4.69, 9.17) is 0 Å². The van der Waals surface area contributed by atoms with E-state index in [0.29, 0.717) is 11.3 Å². The zero-order chi connectivity index (χ0) is 14.5. The Morgan fingerprint density at radius 1 is 1.25 bits per heavy atom. The summed E-state index contributed by atoms with van der Waals surface area (Å²) in [7, 11) is 0. The lowest BCUT2D eigenvalue weighted by Gasteiger charge is -2.08. The standard InChI is InChI=1S/C15H13BrFNOS/c1-10-13(17)3-2-4-14(10)18-15(19)9-20-12-7-5-11(16)6-8-12/h2-8H,9H2,1H3,(H,18,19). The van der Waals surface area contributed by atoms with E-state index in [1.165, 1.54) is 17.8 Å². The molecule has 20 heavy (non-hydrogen) atoms. The fraction of sp³-hybridized carbons (Fsp3) is 0.133. The monoisotopic (exact) mass is 353 g/mol. The maximum atomic E-state index is 13.4. The topological polar surface area (TPSA) is 29.1 Å². The average Bonchev–Trinajstić information content (AvgIpc) is 2.43. The number of anilines is 1. The Bertz CT molecular complexity index is 616. The minimum atomic E-state index is -0.316. The average molecular weight is 354 g/mol. The molecule has 2 rings (SSSR count). The van der Waals surface area contributed by atoms with E-state index in [9.17, 15) is 9.18 Å². The quantitative estimate of drug-likeness (QED) is 0.812. The molecule has 0 unspecified atom stereocenters. The van der Waals surface area contributed by atoms with Gasteiger partial charge in [-0.15, -0.1) is 11.8 Å². The lowest BCUT2D eigenvalue weighted by molar-refractivity contribution is -0.113. The van der Waals surface area contributed by atoms with Gasteiger partial charge in [0.25, 0.3) is 0 Å². The van der Waals surface area contributed by atoms with Crippen LogP contribution in [0, 0.1) is 12.7 Å². The maximum Gasteiger partial charge on any atom is 0.234 e. The van der Waals surface area contributed by atoms with Crippen LogP contribution in [0.25, 0.3) is 0 Å². The fourth-order valence-corrected chi connectivity index (χ4v) is 2.57. The molecule has 0 aliphatic heterocycles. The Balaban J connectivity index is 1.92. The molecule has 0 saturated carbocycles. The second-order valence-corrected chi connectivity index (χ2v) is 6.17. The number of nitrogens with one attached hydrogen (secondary N) is 1. The van der Waals surface area contributed by atoms with E-state index in [0.717, 1.165) is 9.37 Å². The first-order chi connectivity index (χ1) is 9.56. The van der Waals surface area contributed by atoms with Gasteiger partial charge in [0.1, 0.15) is 5.82 Å². The van der Waals surface area contributed by atoms with Gasteiger partial charge >= 0.3 is 0 Å². The Morgan fingerprint density at radius 2 is 1.95 bits per heavy atom. The lowest BCUT2D eigenvalue weighted by atomic mass is 10.2.